The van der Waals surface area contributed by atoms with Gasteiger partial charge in [-0.2, -0.15) is 4.98 Å². The topological polar surface area (TPSA) is 114 Å². The molecule has 0 saturated heterocycles. The number of pyridine rings is 1. The Morgan fingerprint density at radius 1 is 0.289 bits per heavy atom. The summed E-state index contributed by atoms with van der Waals surface area (Å²) in [6.07, 6.45) is 3.03. The van der Waals surface area contributed by atoms with Crippen LogP contribution in [0.3, 0.4) is 0 Å². The number of carbonyl (C=O) groups is 1. The molecule has 0 spiro atoms. The molecular weight excluding hydrogens is 2000 g/mol. The van der Waals surface area contributed by atoms with Crippen LogP contribution in [0.25, 0.3) is 249 Å². The number of carbonyl (C=O) groups excluding carboxylic acids is 1. The van der Waals surface area contributed by atoms with Gasteiger partial charge in [-0.05, 0) is 246 Å². The fourth-order valence-corrected chi connectivity index (χ4v) is 21.8. The zero-order valence-corrected chi connectivity index (χ0v) is 85.0. The van der Waals surface area contributed by atoms with Gasteiger partial charge in [-0.25, -0.2) is 9.97 Å². The molecular formula is C137H98IrN9O2-. The molecule has 149 heavy (non-hydrogen) atoms. The molecule has 21 aromatic carbocycles. The van der Waals surface area contributed by atoms with Gasteiger partial charge in [-0.15, -0.1) is 35.4 Å². The maximum Gasteiger partial charge on any atom is 0.237 e. The van der Waals surface area contributed by atoms with E-state index in [1.807, 2.05) is 18.3 Å². The van der Waals surface area contributed by atoms with Crippen LogP contribution >= 0.6 is 0 Å². The molecule has 0 unspecified atom stereocenters. The Morgan fingerprint density at radius 3 is 1.15 bits per heavy atom. The van der Waals surface area contributed by atoms with Crippen LogP contribution in [-0.2, 0) is 30.3 Å². The van der Waals surface area contributed by atoms with Crippen molar-refractivity contribution in [2.45, 2.75) is 40.0 Å². The third kappa shape index (κ3) is 17.2. The zero-order valence-electron chi connectivity index (χ0n) is 82.6. The van der Waals surface area contributed by atoms with E-state index >= 15 is 0 Å². The van der Waals surface area contributed by atoms with Crippen LogP contribution in [-0.4, -0.2) is 53.7 Å². The number of aliphatic hydroxyl groups is 1. The van der Waals surface area contributed by atoms with Crippen molar-refractivity contribution in [3.63, 3.8) is 0 Å². The Hall–Kier alpha value is -18.6. The van der Waals surface area contributed by atoms with E-state index in [9.17, 15) is 4.79 Å². The number of nitrogens with zero attached hydrogens (tertiary/aromatic N) is 9. The van der Waals surface area contributed by atoms with E-state index in [1.165, 1.54) is 140 Å². The summed E-state index contributed by atoms with van der Waals surface area (Å²) in [5.74, 6) is 2.28. The molecule has 11 nitrogen and oxygen atoms in total. The number of aliphatic hydroxyl groups excluding tert-OH is 1. The molecule has 0 aliphatic carbocycles. The number of allylic oxidation sites excluding steroid dienone is 2. The number of hydrogen-bond donors (Lipinski definition) is 1. The maximum absolute atomic E-state index is 10.0. The van der Waals surface area contributed by atoms with Gasteiger partial charge in [0, 0.05) is 110 Å². The number of ketones is 1. The number of aromatic nitrogens is 9. The first-order chi connectivity index (χ1) is 72.7. The Labute approximate surface area is 875 Å². The number of benzene rings is 21. The van der Waals surface area contributed by atoms with Gasteiger partial charge in [0.05, 0.1) is 66.6 Å². The fourth-order valence-electron chi connectivity index (χ4n) is 21.8. The van der Waals surface area contributed by atoms with Crippen LogP contribution in [0.5, 0.6) is 0 Å². The van der Waals surface area contributed by atoms with Crippen molar-refractivity contribution in [1.29, 1.82) is 0 Å². The van der Waals surface area contributed by atoms with Gasteiger partial charge < -0.3 is 19.2 Å². The van der Waals surface area contributed by atoms with Crippen LogP contribution in [0.4, 0.5) is 0 Å². The van der Waals surface area contributed by atoms with Crippen molar-refractivity contribution in [2.24, 2.45) is 0 Å². The molecule has 12 heteroatoms. The summed E-state index contributed by atoms with van der Waals surface area (Å²) in [6, 6.07) is 177. The van der Waals surface area contributed by atoms with Crippen LogP contribution in [0, 0.1) is 6.07 Å². The van der Waals surface area contributed by atoms with E-state index in [0.29, 0.717) is 5.95 Å². The number of fused-ring (bicyclic) bond motifs is 17. The van der Waals surface area contributed by atoms with Crippen molar-refractivity contribution < 1.29 is 30.0 Å². The summed E-state index contributed by atoms with van der Waals surface area (Å²) in [5.41, 5.74) is 30.6. The van der Waals surface area contributed by atoms with E-state index in [4.69, 9.17) is 20.1 Å². The number of imidazole rings is 1. The second-order valence-corrected chi connectivity index (χ2v) is 38.9. The molecule has 0 fully saturated rings. The molecule has 0 atom stereocenters. The van der Waals surface area contributed by atoms with E-state index in [0.717, 1.165) is 128 Å². The molecule has 7 heterocycles. The first-order valence-electron chi connectivity index (χ1n) is 50.2. The largest absolute Gasteiger partial charge is 0.512 e. The Bertz CT molecular complexity index is 9710. The maximum atomic E-state index is 10.0. The summed E-state index contributed by atoms with van der Waals surface area (Å²) in [5, 5.41) is 27.8. The van der Waals surface area contributed by atoms with Gasteiger partial charge in [-0.3, -0.25) is 18.5 Å². The molecule has 0 aliphatic heterocycles. The third-order valence-electron chi connectivity index (χ3n) is 28.6. The molecule has 0 saturated carbocycles. The second kappa shape index (κ2) is 39.2. The first kappa shape index (κ1) is 92.8. The smallest absolute Gasteiger partial charge is 0.237 e. The standard InChI is InChI=1S/C70H44N6.C43H28N2.C19H18N.C5H8O2.Ir/c1-4-18-45(19-5-1)60-44-69(75-63-30-16-12-26-54(63)58-42-48(34-38-67(58)75)46-32-36-65-56(40-46)52-24-10-14-28-61(52)73(65)50-20-6-2-7-21-50)72-70(71-60)76-64-31-17-13-27-55(64)59-43-49(35-39-68(59)76)47-33-37-66-57(41-47)53-25-11-15-29-62(53)74(66)51-22-8-3-9-23-51;1-2-13-31(14-3-1)43-44-39-20-10-11-21-40(39)45(43)34-26-24-30(25-27-34)41-35-16-6-8-18-37(35)42(38-19-9-7-17-36(38)41)33-23-22-29-12-4-5-15-32(29)28-33;1-19(2,3)16-10-8-15(9-11-16)18-17-7-5-4-6-14(17)12-13-20-18;1-4(6)3-5(2)7;/h1-44H;1-28H;4-8,10-13H,1-3H3;3,6H,1-2H3;/q;;-1;;. The monoisotopic (exact) mass is 2090 g/mol. The third-order valence-corrected chi connectivity index (χ3v) is 28.6. The average molecular weight is 2090 g/mol. The van der Waals surface area contributed by atoms with Crippen molar-refractivity contribution in [2.75, 3.05) is 0 Å². The summed E-state index contributed by atoms with van der Waals surface area (Å²) >= 11 is 0. The minimum absolute atomic E-state index is 0. The summed E-state index contributed by atoms with van der Waals surface area (Å²) in [7, 11) is 0. The normalized spacial score (nSPS) is 11.7. The van der Waals surface area contributed by atoms with Gasteiger partial charge >= 0.3 is 0 Å². The fraction of sp³-hybridized carbons (Fsp3) is 0.0438. The molecule has 7 aromatic heterocycles. The van der Waals surface area contributed by atoms with Crippen LogP contribution in [0.15, 0.2) is 503 Å². The van der Waals surface area contributed by atoms with E-state index < -0.39 is 0 Å². The summed E-state index contributed by atoms with van der Waals surface area (Å²) < 4.78 is 11.6. The van der Waals surface area contributed by atoms with Crippen LogP contribution < -0.4 is 0 Å². The number of para-hydroxylation sites is 8. The molecule has 0 amide bonds. The van der Waals surface area contributed by atoms with Crippen molar-refractivity contribution in [3.05, 3.63) is 515 Å². The van der Waals surface area contributed by atoms with E-state index in [2.05, 4.69) is 528 Å². The summed E-state index contributed by atoms with van der Waals surface area (Å²) in [4.78, 5) is 30.6. The second-order valence-electron chi connectivity index (χ2n) is 38.9. The van der Waals surface area contributed by atoms with E-state index in [-0.39, 0.29) is 37.1 Å². The molecule has 28 rings (SSSR count). The summed E-state index contributed by atoms with van der Waals surface area (Å²) in [6.45, 7) is 9.49. The molecule has 1 N–H and O–H groups in total. The Balaban J connectivity index is 0.000000135. The first-order valence-corrected chi connectivity index (χ1v) is 50.2. The quantitative estimate of drug-likeness (QED) is 0.0532. The Kier molecular flexibility index (Phi) is 24.4. The van der Waals surface area contributed by atoms with Crippen molar-refractivity contribution in [3.8, 4) is 107 Å². The molecule has 0 aliphatic rings. The van der Waals surface area contributed by atoms with Gasteiger partial charge in [0.15, 0.2) is 5.78 Å². The van der Waals surface area contributed by atoms with Gasteiger partial charge in [0.25, 0.3) is 0 Å². The van der Waals surface area contributed by atoms with Gasteiger partial charge in [0.1, 0.15) is 11.6 Å². The van der Waals surface area contributed by atoms with Gasteiger partial charge in [-0.1, -0.05) is 348 Å². The van der Waals surface area contributed by atoms with Gasteiger partial charge in [0.2, 0.25) is 5.95 Å². The number of hydrogen-bond acceptors (Lipinski definition) is 6. The molecule has 28 aromatic rings. The predicted octanol–water partition coefficient (Wildman–Crippen LogP) is 35.4. The number of rotatable bonds is 13. The minimum atomic E-state index is -0.125. The van der Waals surface area contributed by atoms with Crippen LogP contribution in [0.1, 0.15) is 40.2 Å². The molecule has 0 bridgehead atoms. The van der Waals surface area contributed by atoms with E-state index in [1.54, 1.807) is 0 Å². The SMILES string of the molecule is CC(=O)C=C(C)O.CC(C)(C)c1c[c-]c(-c2nccc3ccccc23)cc1.[Ir].c1ccc(-c2cc(-n3c4ccccc4c4cc(-c5ccc6c(c5)c5ccccc5n6-c5ccccc5)ccc43)nc(-n3c4ccccc4c4cc(-c5ccc6c(c5)c5ccccc5n6-c5ccccc5)ccc43)n2)cc1.c1ccc(-c2nc3ccccc3n2-c2ccc(-c3c4ccccc4c(-c4ccc5ccccc5c4)c4ccccc34)cc2)cc1. The average Bonchev–Trinajstić information content (AvgIpc) is 1.70. The minimum Gasteiger partial charge on any atom is -0.512 e. The van der Waals surface area contributed by atoms with Crippen molar-refractivity contribution >= 4 is 147 Å². The van der Waals surface area contributed by atoms with Crippen molar-refractivity contribution in [1.82, 2.24) is 42.8 Å². The zero-order chi connectivity index (χ0) is 99.6. The Morgan fingerprint density at radius 2 is 0.671 bits per heavy atom. The van der Waals surface area contributed by atoms with Crippen LogP contribution in [0.2, 0.25) is 0 Å². The molecule has 713 valence electrons. The molecule has 1 radical (unpaired) electrons. The predicted molar refractivity (Wildman–Crippen MR) is 617 cm³/mol.